The molecule has 0 aromatic heterocycles. The summed E-state index contributed by atoms with van der Waals surface area (Å²) in [6.07, 6.45) is 3.50. The van der Waals surface area contributed by atoms with E-state index in [-0.39, 0.29) is 0 Å². The highest BCUT2D eigenvalue weighted by Gasteiger charge is 2.29. The van der Waals surface area contributed by atoms with Crippen molar-refractivity contribution in [3.8, 4) is 0 Å². The first-order chi connectivity index (χ1) is 5.40. The number of carbonyl (C=O) groups is 1. The molecule has 0 N–H and O–H groups in total. The fourth-order valence-electron chi connectivity index (χ4n) is 1.87. The average Bonchev–Trinajstić information content (AvgIpc) is 2.32. The second-order valence-corrected chi connectivity index (χ2v) is 3.43. The Labute approximate surface area is 67.0 Å². The third-order valence-electron chi connectivity index (χ3n) is 2.75. The van der Waals surface area contributed by atoms with Crippen LogP contribution in [0.3, 0.4) is 0 Å². The Kier molecular flexibility index (Phi) is 1.82. The Morgan fingerprint density at radius 3 is 2.55 bits per heavy atom. The van der Waals surface area contributed by atoms with Gasteiger partial charge in [-0.2, -0.15) is 0 Å². The maximum atomic E-state index is 10.4. The van der Waals surface area contributed by atoms with E-state index in [9.17, 15) is 4.79 Å². The van der Waals surface area contributed by atoms with Crippen molar-refractivity contribution in [3.63, 3.8) is 0 Å². The maximum absolute atomic E-state index is 10.4. The molecular weight excluding hydrogens is 140 g/mol. The van der Waals surface area contributed by atoms with Gasteiger partial charge in [-0.1, -0.05) is 0 Å². The van der Waals surface area contributed by atoms with Gasteiger partial charge in [-0.15, -0.1) is 0 Å². The van der Waals surface area contributed by atoms with E-state index in [2.05, 4.69) is 4.90 Å². The van der Waals surface area contributed by atoms with Gasteiger partial charge in [0.1, 0.15) is 0 Å². The van der Waals surface area contributed by atoms with E-state index in [1.807, 2.05) is 4.90 Å². The predicted molar refractivity (Wildman–Crippen MR) is 42.2 cm³/mol. The quantitative estimate of drug-likeness (QED) is 0.519. The number of amides is 1. The summed E-state index contributed by atoms with van der Waals surface area (Å²) in [6, 6.07) is 0.675. The van der Waals surface area contributed by atoms with Crippen LogP contribution < -0.4 is 0 Å². The monoisotopic (exact) mass is 154 g/mol. The smallest absolute Gasteiger partial charge is 0.209 e. The van der Waals surface area contributed by atoms with E-state index < -0.39 is 0 Å². The molecule has 3 heteroatoms. The van der Waals surface area contributed by atoms with Gasteiger partial charge in [-0.05, 0) is 25.9 Å². The molecule has 0 bridgehead atoms. The standard InChI is InChI=1S/C8H14N2O/c11-7-9-5-2-8(6-9)10-3-1-4-10/h7-8H,1-6H2. The Morgan fingerprint density at radius 1 is 1.27 bits per heavy atom. The van der Waals surface area contributed by atoms with Gasteiger partial charge in [0.25, 0.3) is 0 Å². The maximum Gasteiger partial charge on any atom is 0.209 e. The first-order valence-electron chi connectivity index (χ1n) is 4.33. The van der Waals surface area contributed by atoms with E-state index >= 15 is 0 Å². The topological polar surface area (TPSA) is 23.6 Å². The lowest BCUT2D eigenvalue weighted by Gasteiger charge is -2.36. The van der Waals surface area contributed by atoms with E-state index in [4.69, 9.17) is 0 Å². The zero-order valence-corrected chi connectivity index (χ0v) is 6.70. The van der Waals surface area contributed by atoms with Gasteiger partial charge >= 0.3 is 0 Å². The summed E-state index contributed by atoms with van der Waals surface area (Å²) >= 11 is 0. The molecule has 2 fully saturated rings. The molecule has 0 radical (unpaired) electrons. The molecule has 0 spiro atoms. The van der Waals surface area contributed by atoms with E-state index in [0.717, 1.165) is 19.5 Å². The minimum absolute atomic E-state index is 0.675. The van der Waals surface area contributed by atoms with Crippen molar-refractivity contribution in [2.45, 2.75) is 18.9 Å². The van der Waals surface area contributed by atoms with Crippen molar-refractivity contribution in [2.24, 2.45) is 0 Å². The fourth-order valence-corrected chi connectivity index (χ4v) is 1.87. The summed E-state index contributed by atoms with van der Waals surface area (Å²) in [5.74, 6) is 0. The molecule has 2 saturated heterocycles. The minimum Gasteiger partial charge on any atom is -0.344 e. The lowest BCUT2D eigenvalue weighted by atomic mass is 10.1. The highest BCUT2D eigenvalue weighted by molar-refractivity contribution is 5.47. The second-order valence-electron chi connectivity index (χ2n) is 3.43. The first-order valence-corrected chi connectivity index (χ1v) is 4.33. The minimum atomic E-state index is 0.675. The van der Waals surface area contributed by atoms with Crippen LogP contribution in [0.2, 0.25) is 0 Å². The molecule has 0 aromatic rings. The number of hydrogen-bond acceptors (Lipinski definition) is 2. The SMILES string of the molecule is O=CN1CCC(N2CCC2)C1. The van der Waals surface area contributed by atoms with Gasteiger partial charge < -0.3 is 4.90 Å². The van der Waals surface area contributed by atoms with Crippen molar-refractivity contribution in [1.82, 2.24) is 9.80 Å². The molecule has 2 aliphatic heterocycles. The van der Waals surface area contributed by atoms with Crippen molar-refractivity contribution in [3.05, 3.63) is 0 Å². The van der Waals surface area contributed by atoms with E-state index in [1.54, 1.807) is 0 Å². The molecule has 62 valence electrons. The Bertz CT molecular complexity index is 156. The highest BCUT2D eigenvalue weighted by Crippen LogP contribution is 2.19. The molecule has 2 heterocycles. The number of carbonyl (C=O) groups excluding carboxylic acids is 1. The predicted octanol–water partition coefficient (Wildman–Crippen LogP) is -0.0772. The van der Waals surface area contributed by atoms with E-state index in [0.29, 0.717) is 6.04 Å². The van der Waals surface area contributed by atoms with Gasteiger partial charge in [0, 0.05) is 19.1 Å². The van der Waals surface area contributed by atoms with Gasteiger partial charge in [0.05, 0.1) is 0 Å². The number of rotatable bonds is 2. The van der Waals surface area contributed by atoms with Crippen LogP contribution >= 0.6 is 0 Å². The summed E-state index contributed by atoms with van der Waals surface area (Å²) in [5.41, 5.74) is 0. The molecule has 2 rings (SSSR count). The summed E-state index contributed by atoms with van der Waals surface area (Å²) < 4.78 is 0. The van der Waals surface area contributed by atoms with Crippen LogP contribution in [0.25, 0.3) is 0 Å². The van der Waals surface area contributed by atoms with Crippen molar-refractivity contribution in [2.75, 3.05) is 26.2 Å². The number of nitrogens with zero attached hydrogens (tertiary/aromatic N) is 2. The fraction of sp³-hybridized carbons (Fsp3) is 0.875. The van der Waals surface area contributed by atoms with Gasteiger partial charge in [-0.3, -0.25) is 9.69 Å². The molecule has 2 aliphatic rings. The Hall–Kier alpha value is -0.570. The zero-order chi connectivity index (χ0) is 7.68. The molecular formula is C8H14N2O. The molecule has 1 amide bonds. The van der Waals surface area contributed by atoms with Crippen molar-refractivity contribution < 1.29 is 4.79 Å². The Balaban J connectivity index is 1.83. The Morgan fingerprint density at radius 2 is 2.09 bits per heavy atom. The molecule has 0 saturated carbocycles. The van der Waals surface area contributed by atoms with Crippen LogP contribution in [0.4, 0.5) is 0 Å². The molecule has 1 atom stereocenters. The largest absolute Gasteiger partial charge is 0.344 e. The lowest BCUT2D eigenvalue weighted by Crippen LogP contribution is -2.46. The number of likely N-dealkylation sites (tertiary alicyclic amines) is 2. The third kappa shape index (κ3) is 1.25. The third-order valence-corrected chi connectivity index (χ3v) is 2.75. The summed E-state index contributed by atoms with van der Waals surface area (Å²) in [4.78, 5) is 14.7. The summed E-state index contributed by atoms with van der Waals surface area (Å²) in [6.45, 7) is 4.42. The van der Waals surface area contributed by atoms with Crippen LogP contribution in [0.1, 0.15) is 12.8 Å². The van der Waals surface area contributed by atoms with Crippen LogP contribution in [0.5, 0.6) is 0 Å². The first kappa shape index (κ1) is 7.10. The summed E-state index contributed by atoms with van der Waals surface area (Å²) in [5, 5.41) is 0. The second kappa shape index (κ2) is 2.81. The van der Waals surface area contributed by atoms with Crippen LogP contribution in [0.15, 0.2) is 0 Å². The van der Waals surface area contributed by atoms with Gasteiger partial charge in [0.2, 0.25) is 6.41 Å². The van der Waals surface area contributed by atoms with E-state index in [1.165, 1.54) is 25.9 Å². The number of hydrogen-bond donors (Lipinski definition) is 0. The lowest BCUT2D eigenvalue weighted by molar-refractivity contribution is -0.117. The molecule has 1 unspecified atom stereocenters. The van der Waals surface area contributed by atoms with Gasteiger partial charge in [0.15, 0.2) is 0 Å². The van der Waals surface area contributed by atoms with Crippen molar-refractivity contribution >= 4 is 6.41 Å². The zero-order valence-electron chi connectivity index (χ0n) is 6.70. The molecule has 11 heavy (non-hydrogen) atoms. The van der Waals surface area contributed by atoms with Crippen LogP contribution in [0, 0.1) is 0 Å². The van der Waals surface area contributed by atoms with Crippen LogP contribution in [-0.2, 0) is 4.79 Å². The van der Waals surface area contributed by atoms with Gasteiger partial charge in [-0.25, -0.2) is 0 Å². The highest BCUT2D eigenvalue weighted by atomic mass is 16.1. The normalized spacial score (nSPS) is 32.0. The average molecular weight is 154 g/mol. The summed E-state index contributed by atoms with van der Waals surface area (Å²) in [7, 11) is 0. The van der Waals surface area contributed by atoms with Crippen molar-refractivity contribution in [1.29, 1.82) is 0 Å². The van der Waals surface area contributed by atoms with Crippen LogP contribution in [-0.4, -0.2) is 48.4 Å². The molecule has 3 nitrogen and oxygen atoms in total. The molecule has 0 aliphatic carbocycles. The molecule has 0 aromatic carbocycles.